The summed E-state index contributed by atoms with van der Waals surface area (Å²) in [5.74, 6) is 3.78. The number of nitrogens with zero attached hydrogens (tertiary/aromatic N) is 3. The van der Waals surface area contributed by atoms with Crippen molar-refractivity contribution in [2.24, 2.45) is 16.8 Å². The summed E-state index contributed by atoms with van der Waals surface area (Å²) in [5, 5.41) is 4.27. The van der Waals surface area contributed by atoms with Crippen molar-refractivity contribution in [3.8, 4) is 0 Å². The number of aliphatic imine (C=N–C) groups is 1. The molecule has 0 bridgehead atoms. The number of rotatable bonds is 3. The first kappa shape index (κ1) is 21.9. The highest BCUT2D eigenvalue weighted by Crippen LogP contribution is 2.25. The van der Waals surface area contributed by atoms with Crippen molar-refractivity contribution < 1.29 is 4.79 Å². The van der Waals surface area contributed by atoms with Crippen molar-refractivity contribution in [1.82, 2.24) is 15.1 Å². The average Bonchev–Trinajstić information content (AvgIpc) is 2.56. The maximum atomic E-state index is 11.4. The molecule has 2 rings (SSSR count). The minimum absolute atomic E-state index is 0. The van der Waals surface area contributed by atoms with Gasteiger partial charge in [0.2, 0.25) is 5.91 Å². The minimum Gasteiger partial charge on any atom is -0.356 e. The first-order valence-corrected chi connectivity index (χ1v) is 9.88. The monoisotopic (exact) mass is 468 g/mol. The summed E-state index contributed by atoms with van der Waals surface area (Å²) in [4.78, 5) is 20.3. The molecule has 0 spiro atoms. The van der Waals surface area contributed by atoms with Gasteiger partial charge in [-0.15, -0.1) is 24.0 Å². The summed E-state index contributed by atoms with van der Waals surface area (Å²) in [6.07, 6.45) is 2.18. The Bertz CT molecular complexity index is 425. The molecular formula is C17H33IN4OS. The first-order chi connectivity index (χ1) is 11.0. The van der Waals surface area contributed by atoms with Gasteiger partial charge in [-0.05, 0) is 24.7 Å². The van der Waals surface area contributed by atoms with Gasteiger partial charge in [-0.25, -0.2) is 0 Å². The SMILES string of the molecule is CN=C(NCC1CCN(C(C)=O)CC1)N1CCSC(C(C)C)C1.I. The van der Waals surface area contributed by atoms with Gasteiger partial charge in [-0.1, -0.05) is 13.8 Å². The van der Waals surface area contributed by atoms with Crippen molar-refractivity contribution in [3.05, 3.63) is 0 Å². The molecule has 0 aromatic rings. The third-order valence-electron chi connectivity index (χ3n) is 4.96. The second-order valence-electron chi connectivity index (χ2n) is 6.98. The van der Waals surface area contributed by atoms with Gasteiger partial charge in [0.05, 0.1) is 0 Å². The van der Waals surface area contributed by atoms with Crippen LogP contribution in [0.5, 0.6) is 0 Å². The second-order valence-corrected chi connectivity index (χ2v) is 8.32. The molecule has 0 aromatic heterocycles. The zero-order chi connectivity index (χ0) is 16.8. The lowest BCUT2D eigenvalue weighted by molar-refractivity contribution is -0.130. The van der Waals surface area contributed by atoms with E-state index in [1.54, 1.807) is 6.92 Å². The van der Waals surface area contributed by atoms with Gasteiger partial charge in [0.25, 0.3) is 0 Å². The standard InChI is InChI=1S/C17H32N4OS.HI/c1-13(2)16-12-21(9-10-23-16)17(18-4)19-11-15-5-7-20(8-6-15)14(3)22;/h13,15-16H,5-12H2,1-4H3,(H,18,19);1H. The summed E-state index contributed by atoms with van der Waals surface area (Å²) < 4.78 is 0. The van der Waals surface area contributed by atoms with Gasteiger partial charge in [0.1, 0.15) is 0 Å². The van der Waals surface area contributed by atoms with E-state index in [9.17, 15) is 4.79 Å². The summed E-state index contributed by atoms with van der Waals surface area (Å²) >= 11 is 2.09. The van der Waals surface area contributed by atoms with E-state index in [4.69, 9.17) is 0 Å². The van der Waals surface area contributed by atoms with E-state index >= 15 is 0 Å². The van der Waals surface area contributed by atoms with Crippen LogP contribution >= 0.6 is 35.7 Å². The maximum Gasteiger partial charge on any atom is 0.219 e. The smallest absolute Gasteiger partial charge is 0.219 e. The lowest BCUT2D eigenvalue weighted by Gasteiger charge is -2.37. The van der Waals surface area contributed by atoms with Crippen LogP contribution in [0, 0.1) is 11.8 Å². The van der Waals surface area contributed by atoms with Crippen LogP contribution in [-0.2, 0) is 4.79 Å². The Morgan fingerprint density at radius 1 is 1.25 bits per heavy atom. The molecule has 1 unspecified atom stereocenters. The number of piperidine rings is 1. The highest BCUT2D eigenvalue weighted by Gasteiger charge is 2.26. The predicted octanol–water partition coefficient (Wildman–Crippen LogP) is 2.51. The van der Waals surface area contributed by atoms with Gasteiger partial charge in [0.15, 0.2) is 5.96 Å². The summed E-state index contributed by atoms with van der Waals surface area (Å²) in [6.45, 7) is 11.2. The van der Waals surface area contributed by atoms with Crippen molar-refractivity contribution >= 4 is 47.6 Å². The molecule has 1 amide bonds. The number of nitrogens with one attached hydrogen (secondary N) is 1. The molecule has 2 fully saturated rings. The Morgan fingerprint density at radius 2 is 1.92 bits per heavy atom. The van der Waals surface area contributed by atoms with E-state index in [-0.39, 0.29) is 29.9 Å². The largest absolute Gasteiger partial charge is 0.356 e. The minimum atomic E-state index is 0. The van der Waals surface area contributed by atoms with E-state index in [0.29, 0.717) is 17.1 Å². The van der Waals surface area contributed by atoms with Crippen molar-refractivity contribution in [3.63, 3.8) is 0 Å². The molecule has 24 heavy (non-hydrogen) atoms. The molecule has 2 saturated heterocycles. The van der Waals surface area contributed by atoms with Gasteiger partial charge in [-0.2, -0.15) is 11.8 Å². The molecule has 0 aromatic carbocycles. The first-order valence-electron chi connectivity index (χ1n) is 8.84. The Hall–Kier alpha value is -0.180. The van der Waals surface area contributed by atoms with E-state index in [0.717, 1.165) is 51.5 Å². The van der Waals surface area contributed by atoms with Gasteiger partial charge in [-0.3, -0.25) is 9.79 Å². The lowest BCUT2D eigenvalue weighted by Crippen LogP contribution is -2.50. The lowest BCUT2D eigenvalue weighted by atomic mass is 9.97. The topological polar surface area (TPSA) is 47.9 Å². The van der Waals surface area contributed by atoms with Crippen LogP contribution in [-0.4, -0.2) is 72.4 Å². The van der Waals surface area contributed by atoms with Crippen LogP contribution in [0.25, 0.3) is 0 Å². The molecule has 2 heterocycles. The van der Waals surface area contributed by atoms with E-state index in [1.165, 1.54) is 5.75 Å². The number of halogens is 1. The van der Waals surface area contributed by atoms with Crippen molar-refractivity contribution in [2.75, 3.05) is 45.5 Å². The van der Waals surface area contributed by atoms with Crippen molar-refractivity contribution in [1.29, 1.82) is 0 Å². The summed E-state index contributed by atoms with van der Waals surface area (Å²) in [7, 11) is 1.88. The molecule has 0 aliphatic carbocycles. The summed E-state index contributed by atoms with van der Waals surface area (Å²) in [6, 6.07) is 0. The third-order valence-corrected chi connectivity index (χ3v) is 6.50. The average molecular weight is 468 g/mol. The van der Waals surface area contributed by atoms with Crippen LogP contribution in [0.2, 0.25) is 0 Å². The number of likely N-dealkylation sites (tertiary alicyclic amines) is 1. The molecule has 7 heteroatoms. The fraction of sp³-hybridized carbons (Fsp3) is 0.882. The molecule has 5 nitrogen and oxygen atoms in total. The van der Waals surface area contributed by atoms with Crippen LogP contribution in [0.4, 0.5) is 0 Å². The molecule has 2 aliphatic rings. The quantitative estimate of drug-likeness (QED) is 0.393. The molecule has 1 atom stereocenters. The highest BCUT2D eigenvalue weighted by molar-refractivity contribution is 14.0. The molecule has 0 saturated carbocycles. The van der Waals surface area contributed by atoms with E-state index in [1.807, 2.05) is 11.9 Å². The Balaban J connectivity index is 0.00000288. The number of carbonyl (C=O) groups excluding carboxylic acids is 1. The fourth-order valence-electron chi connectivity index (χ4n) is 3.29. The second kappa shape index (κ2) is 10.7. The third kappa shape index (κ3) is 6.28. The van der Waals surface area contributed by atoms with E-state index < -0.39 is 0 Å². The van der Waals surface area contributed by atoms with Crippen LogP contribution in [0.1, 0.15) is 33.6 Å². The Kier molecular flexibility index (Phi) is 9.77. The molecular weight excluding hydrogens is 435 g/mol. The normalized spacial score (nSPS) is 23.2. The Morgan fingerprint density at radius 3 is 2.46 bits per heavy atom. The van der Waals surface area contributed by atoms with Crippen LogP contribution in [0.3, 0.4) is 0 Å². The molecule has 0 radical (unpaired) electrons. The number of hydrogen-bond donors (Lipinski definition) is 1. The van der Waals surface area contributed by atoms with Crippen LogP contribution < -0.4 is 5.32 Å². The van der Waals surface area contributed by atoms with Crippen LogP contribution in [0.15, 0.2) is 4.99 Å². The number of amides is 1. The fourth-order valence-corrected chi connectivity index (χ4v) is 4.59. The molecule has 140 valence electrons. The number of thioether (sulfide) groups is 1. The number of guanidine groups is 1. The molecule has 1 N–H and O–H groups in total. The van der Waals surface area contributed by atoms with Crippen molar-refractivity contribution in [2.45, 2.75) is 38.9 Å². The van der Waals surface area contributed by atoms with Gasteiger partial charge in [0, 0.05) is 57.7 Å². The van der Waals surface area contributed by atoms with E-state index in [2.05, 4.69) is 40.8 Å². The van der Waals surface area contributed by atoms with Gasteiger partial charge < -0.3 is 15.1 Å². The number of hydrogen-bond acceptors (Lipinski definition) is 3. The summed E-state index contributed by atoms with van der Waals surface area (Å²) in [5.41, 5.74) is 0. The van der Waals surface area contributed by atoms with Gasteiger partial charge >= 0.3 is 0 Å². The zero-order valence-electron chi connectivity index (χ0n) is 15.5. The molecule has 2 aliphatic heterocycles. The predicted molar refractivity (Wildman–Crippen MR) is 114 cm³/mol. The highest BCUT2D eigenvalue weighted by atomic mass is 127. The Labute approximate surface area is 168 Å². The maximum absolute atomic E-state index is 11.4. The number of carbonyl (C=O) groups is 1. The zero-order valence-corrected chi connectivity index (χ0v) is 18.6.